The second-order valence-corrected chi connectivity index (χ2v) is 4.33. The Balaban J connectivity index is 3.27. The maximum Gasteiger partial charge on any atom is 0.339 e. The molecule has 0 spiro atoms. The summed E-state index contributed by atoms with van der Waals surface area (Å²) >= 11 is 12.5. The summed E-state index contributed by atoms with van der Waals surface area (Å²) in [6, 6.07) is 3.52. The number of rotatable bonds is 2. The van der Waals surface area contributed by atoms with Gasteiger partial charge < -0.3 is 4.74 Å². The zero-order valence-corrected chi connectivity index (χ0v) is 11.2. The number of carbonyl (C=O) groups is 1. The highest BCUT2D eigenvalue weighted by Gasteiger charge is 2.14. The lowest BCUT2D eigenvalue weighted by atomic mass is 10.1. The van der Waals surface area contributed by atoms with Crippen LogP contribution in [0.5, 0.6) is 0 Å². The first kappa shape index (κ1) is 12.0. The number of hydrogen-bond donors (Lipinski definition) is 0. The van der Waals surface area contributed by atoms with E-state index in [9.17, 15) is 4.79 Å². The molecule has 0 saturated heterocycles. The van der Waals surface area contributed by atoms with Gasteiger partial charge in [-0.3, -0.25) is 0 Å². The van der Waals surface area contributed by atoms with E-state index in [0.717, 1.165) is 5.56 Å². The first-order valence-electron chi connectivity index (χ1n) is 3.72. The molecule has 0 aromatic heterocycles. The number of methoxy groups -OCH3 is 1. The fraction of sp³-hybridized carbons (Fsp3) is 0.222. The summed E-state index contributed by atoms with van der Waals surface area (Å²) in [5.41, 5.74) is 1.37. The highest BCUT2D eigenvalue weighted by atomic mass is 79.9. The minimum absolute atomic E-state index is 0.401. The normalized spacial score (nSPS) is 10.0. The Morgan fingerprint density at radius 1 is 1.57 bits per heavy atom. The van der Waals surface area contributed by atoms with Crippen molar-refractivity contribution in [2.24, 2.45) is 0 Å². The van der Waals surface area contributed by atoms with Crippen LogP contribution in [0, 0.1) is 0 Å². The van der Waals surface area contributed by atoms with Gasteiger partial charge in [0.1, 0.15) is 0 Å². The molecule has 0 saturated carbocycles. The van der Waals surface area contributed by atoms with Crippen molar-refractivity contribution in [1.29, 1.82) is 0 Å². The molecule has 5 heteroatoms. The van der Waals surface area contributed by atoms with E-state index < -0.39 is 5.97 Å². The molecule has 14 heavy (non-hydrogen) atoms. The molecule has 0 aliphatic rings. The SMILES string of the molecule is COC(=O)c1cc(CBr)cc(Cl)c1Br. The topological polar surface area (TPSA) is 26.3 Å². The van der Waals surface area contributed by atoms with Gasteiger partial charge in [0.25, 0.3) is 0 Å². The molecule has 1 rings (SSSR count). The summed E-state index contributed by atoms with van der Waals surface area (Å²) < 4.78 is 5.19. The van der Waals surface area contributed by atoms with Crippen LogP contribution in [0.1, 0.15) is 15.9 Å². The average molecular weight is 342 g/mol. The van der Waals surface area contributed by atoms with E-state index in [0.29, 0.717) is 20.4 Å². The molecular weight excluding hydrogens is 335 g/mol. The summed E-state index contributed by atoms with van der Waals surface area (Å²) in [4.78, 5) is 11.3. The third kappa shape index (κ3) is 2.49. The van der Waals surface area contributed by atoms with E-state index in [-0.39, 0.29) is 0 Å². The number of benzene rings is 1. The van der Waals surface area contributed by atoms with E-state index in [1.165, 1.54) is 7.11 Å². The molecule has 0 unspecified atom stereocenters. The van der Waals surface area contributed by atoms with Crippen molar-refractivity contribution < 1.29 is 9.53 Å². The molecule has 0 fully saturated rings. The smallest absolute Gasteiger partial charge is 0.339 e. The monoisotopic (exact) mass is 340 g/mol. The van der Waals surface area contributed by atoms with Crippen LogP contribution in [0.3, 0.4) is 0 Å². The van der Waals surface area contributed by atoms with Crippen LogP contribution >= 0.6 is 43.5 Å². The van der Waals surface area contributed by atoms with Crippen LogP contribution in [-0.2, 0) is 10.1 Å². The lowest BCUT2D eigenvalue weighted by Gasteiger charge is -2.06. The Hall–Kier alpha value is -0.0600. The molecule has 0 radical (unpaired) electrons. The van der Waals surface area contributed by atoms with Crippen molar-refractivity contribution in [3.8, 4) is 0 Å². The lowest BCUT2D eigenvalue weighted by molar-refractivity contribution is 0.0599. The summed E-state index contributed by atoms with van der Waals surface area (Å²) in [6.07, 6.45) is 0. The first-order valence-corrected chi connectivity index (χ1v) is 6.01. The summed E-state index contributed by atoms with van der Waals surface area (Å²) in [6.45, 7) is 0. The van der Waals surface area contributed by atoms with Gasteiger partial charge in [-0.1, -0.05) is 27.5 Å². The molecule has 1 aromatic rings. The second-order valence-electron chi connectivity index (χ2n) is 2.56. The van der Waals surface area contributed by atoms with E-state index in [1.54, 1.807) is 12.1 Å². The highest BCUT2D eigenvalue weighted by molar-refractivity contribution is 9.10. The fourth-order valence-electron chi connectivity index (χ4n) is 0.981. The van der Waals surface area contributed by atoms with E-state index in [4.69, 9.17) is 11.6 Å². The van der Waals surface area contributed by atoms with Crippen LogP contribution in [0.2, 0.25) is 5.02 Å². The zero-order chi connectivity index (χ0) is 10.7. The number of hydrogen-bond acceptors (Lipinski definition) is 2. The van der Waals surface area contributed by atoms with Crippen LogP contribution in [0.25, 0.3) is 0 Å². The van der Waals surface area contributed by atoms with Gasteiger partial charge in [0.05, 0.1) is 22.2 Å². The molecule has 0 N–H and O–H groups in total. The van der Waals surface area contributed by atoms with Gasteiger partial charge in [0.15, 0.2) is 0 Å². The third-order valence-electron chi connectivity index (χ3n) is 1.65. The Morgan fingerprint density at radius 2 is 2.21 bits per heavy atom. The third-order valence-corrected chi connectivity index (χ3v) is 3.68. The quantitative estimate of drug-likeness (QED) is 0.604. The molecule has 0 heterocycles. The summed E-state index contributed by atoms with van der Waals surface area (Å²) in [5, 5.41) is 1.15. The molecule has 76 valence electrons. The van der Waals surface area contributed by atoms with Crippen molar-refractivity contribution in [2.45, 2.75) is 5.33 Å². The predicted octanol–water partition coefficient (Wildman–Crippen LogP) is 3.78. The Kier molecular flexibility index (Phi) is 4.41. The molecule has 0 aliphatic heterocycles. The standard InChI is InChI=1S/C9H7Br2ClO2/c1-14-9(13)6-2-5(4-10)3-7(12)8(6)11/h2-3H,4H2,1H3. The number of ether oxygens (including phenoxy) is 1. The molecule has 0 aliphatic carbocycles. The van der Waals surface area contributed by atoms with E-state index in [2.05, 4.69) is 36.6 Å². The lowest BCUT2D eigenvalue weighted by Crippen LogP contribution is -2.03. The molecule has 1 aromatic carbocycles. The van der Waals surface area contributed by atoms with Crippen molar-refractivity contribution in [1.82, 2.24) is 0 Å². The van der Waals surface area contributed by atoms with Gasteiger partial charge in [-0.25, -0.2) is 4.79 Å². The molecule has 2 nitrogen and oxygen atoms in total. The van der Waals surface area contributed by atoms with Gasteiger partial charge in [-0.2, -0.15) is 0 Å². The average Bonchev–Trinajstić information content (AvgIpc) is 2.20. The highest BCUT2D eigenvalue weighted by Crippen LogP contribution is 2.29. The summed E-state index contributed by atoms with van der Waals surface area (Å²) in [7, 11) is 1.34. The summed E-state index contributed by atoms with van der Waals surface area (Å²) in [5.74, 6) is -0.401. The largest absolute Gasteiger partial charge is 0.465 e. The first-order chi connectivity index (χ1) is 6.60. The fourth-order valence-corrected chi connectivity index (χ4v) is 1.94. The van der Waals surface area contributed by atoms with Gasteiger partial charge >= 0.3 is 5.97 Å². The van der Waals surface area contributed by atoms with Gasteiger partial charge in [0.2, 0.25) is 0 Å². The number of halogens is 3. The molecule has 0 atom stereocenters. The van der Waals surface area contributed by atoms with Gasteiger partial charge in [-0.05, 0) is 33.6 Å². The zero-order valence-electron chi connectivity index (χ0n) is 7.31. The molecule has 0 amide bonds. The number of esters is 1. The molecular formula is C9H7Br2ClO2. The Labute approximate surface area is 104 Å². The Morgan fingerprint density at radius 3 is 2.71 bits per heavy atom. The maximum absolute atomic E-state index is 11.3. The molecule has 0 bridgehead atoms. The number of alkyl halides is 1. The van der Waals surface area contributed by atoms with Gasteiger partial charge in [-0.15, -0.1) is 0 Å². The van der Waals surface area contributed by atoms with Crippen molar-refractivity contribution in [2.75, 3.05) is 7.11 Å². The van der Waals surface area contributed by atoms with Crippen LogP contribution in [0.15, 0.2) is 16.6 Å². The van der Waals surface area contributed by atoms with Crippen LogP contribution in [0.4, 0.5) is 0 Å². The van der Waals surface area contributed by atoms with Crippen molar-refractivity contribution >= 4 is 49.4 Å². The predicted molar refractivity (Wildman–Crippen MR) is 63.1 cm³/mol. The van der Waals surface area contributed by atoms with E-state index in [1.807, 2.05) is 0 Å². The van der Waals surface area contributed by atoms with E-state index >= 15 is 0 Å². The Bertz CT molecular complexity index is 366. The van der Waals surface area contributed by atoms with Crippen LogP contribution in [-0.4, -0.2) is 13.1 Å². The van der Waals surface area contributed by atoms with Gasteiger partial charge in [0, 0.05) is 5.33 Å². The van der Waals surface area contributed by atoms with Crippen LogP contribution < -0.4 is 0 Å². The van der Waals surface area contributed by atoms with Crippen molar-refractivity contribution in [3.05, 3.63) is 32.8 Å². The number of carbonyl (C=O) groups excluding carboxylic acids is 1. The maximum atomic E-state index is 11.3. The van der Waals surface area contributed by atoms with Crippen molar-refractivity contribution in [3.63, 3.8) is 0 Å². The minimum atomic E-state index is -0.401. The minimum Gasteiger partial charge on any atom is -0.465 e. The second kappa shape index (κ2) is 5.14.